The van der Waals surface area contributed by atoms with Gasteiger partial charge in [-0.3, -0.25) is 19.9 Å². The van der Waals surface area contributed by atoms with E-state index in [1.807, 2.05) is 0 Å². The van der Waals surface area contributed by atoms with Crippen molar-refractivity contribution in [3.05, 3.63) is 93.0 Å². The van der Waals surface area contributed by atoms with Crippen LogP contribution in [0.15, 0.2) is 60.9 Å². The van der Waals surface area contributed by atoms with E-state index in [0.29, 0.717) is 11.3 Å². The molecule has 0 bridgehead atoms. The first-order valence-corrected chi connectivity index (χ1v) is 9.02. The van der Waals surface area contributed by atoms with Crippen molar-refractivity contribution in [2.45, 2.75) is 13.0 Å². The average Bonchev–Trinajstić information content (AvgIpc) is 2.74. The molecule has 10 heteroatoms. The molecule has 2 aromatic carbocycles. The van der Waals surface area contributed by atoms with Crippen LogP contribution in [0, 0.1) is 17.0 Å². The second-order valence-electron chi connectivity index (χ2n) is 6.15. The van der Waals surface area contributed by atoms with Gasteiger partial charge in [0.25, 0.3) is 11.6 Å². The Hall–Kier alpha value is -3.85. The van der Waals surface area contributed by atoms with Gasteiger partial charge in [-0.15, -0.1) is 0 Å². The summed E-state index contributed by atoms with van der Waals surface area (Å²) in [6.45, 7) is 1.72. The number of carbonyl (C=O) groups excluding carboxylic acids is 2. The number of hydrogen-bond acceptors (Lipinski definition) is 7. The molecule has 1 amide bonds. The molecule has 1 aromatic heterocycles. The van der Waals surface area contributed by atoms with Crippen molar-refractivity contribution in [2.75, 3.05) is 5.32 Å². The minimum Gasteiger partial charge on any atom is -0.443 e. The molecule has 9 nitrogen and oxygen atoms in total. The number of nitrogens with zero attached hydrogens (tertiary/aromatic N) is 3. The van der Waals surface area contributed by atoms with Crippen LogP contribution in [-0.2, 0) is 9.53 Å². The third-order valence-corrected chi connectivity index (χ3v) is 4.29. The number of anilines is 1. The topological polar surface area (TPSA) is 124 Å². The smallest absolute Gasteiger partial charge is 0.359 e. The molecular weight excluding hydrogens is 412 g/mol. The lowest BCUT2D eigenvalue weighted by Crippen LogP contribution is -2.26. The second-order valence-corrected chi connectivity index (χ2v) is 6.56. The molecule has 0 unspecified atom stereocenters. The molecule has 0 spiro atoms. The van der Waals surface area contributed by atoms with Gasteiger partial charge in [0.05, 0.1) is 16.8 Å². The Morgan fingerprint density at radius 3 is 2.50 bits per heavy atom. The molecule has 30 heavy (non-hydrogen) atoms. The lowest BCUT2D eigenvalue weighted by atomic mass is 10.1. The number of nitro benzene ring substituents is 1. The summed E-state index contributed by atoms with van der Waals surface area (Å²) in [7, 11) is 0. The molecule has 1 heterocycles. The van der Waals surface area contributed by atoms with Gasteiger partial charge in [0.2, 0.25) is 6.10 Å². The Kier molecular flexibility index (Phi) is 6.33. The summed E-state index contributed by atoms with van der Waals surface area (Å²) in [5.74, 6) is -1.54. The number of amides is 1. The number of nitro groups is 1. The van der Waals surface area contributed by atoms with E-state index in [4.69, 9.17) is 16.3 Å². The molecule has 0 aliphatic heterocycles. The van der Waals surface area contributed by atoms with Crippen LogP contribution in [0.2, 0.25) is 5.02 Å². The zero-order valence-electron chi connectivity index (χ0n) is 15.6. The summed E-state index contributed by atoms with van der Waals surface area (Å²) >= 11 is 5.80. The quantitative estimate of drug-likeness (QED) is 0.360. The van der Waals surface area contributed by atoms with Gasteiger partial charge in [0.15, 0.2) is 5.69 Å². The molecule has 0 aliphatic carbocycles. The molecule has 0 radical (unpaired) electrons. The number of hydrogen-bond donors (Lipinski definition) is 1. The predicted octanol–water partition coefficient (Wildman–Crippen LogP) is 3.88. The highest BCUT2D eigenvalue weighted by molar-refractivity contribution is 6.32. The fourth-order valence-electron chi connectivity index (χ4n) is 2.50. The van der Waals surface area contributed by atoms with Crippen LogP contribution in [0.5, 0.6) is 0 Å². The number of ether oxygens (including phenoxy) is 1. The van der Waals surface area contributed by atoms with Crippen LogP contribution >= 0.6 is 11.6 Å². The van der Waals surface area contributed by atoms with Gasteiger partial charge in [-0.25, -0.2) is 9.78 Å². The van der Waals surface area contributed by atoms with Gasteiger partial charge in [-0.2, -0.15) is 0 Å². The molecule has 0 saturated heterocycles. The number of aryl methyl sites for hydroxylation is 1. The van der Waals surface area contributed by atoms with E-state index in [9.17, 15) is 19.7 Å². The molecule has 3 rings (SSSR count). The predicted molar refractivity (Wildman–Crippen MR) is 108 cm³/mol. The lowest BCUT2D eigenvalue weighted by Gasteiger charge is -2.18. The van der Waals surface area contributed by atoms with Crippen molar-refractivity contribution in [3.63, 3.8) is 0 Å². The van der Waals surface area contributed by atoms with E-state index >= 15 is 0 Å². The average molecular weight is 427 g/mol. The number of esters is 1. The maximum absolute atomic E-state index is 12.9. The zero-order chi connectivity index (χ0) is 21.7. The van der Waals surface area contributed by atoms with Crippen molar-refractivity contribution in [1.29, 1.82) is 0 Å². The minimum absolute atomic E-state index is 0.0588. The van der Waals surface area contributed by atoms with Crippen LogP contribution in [0.1, 0.15) is 27.8 Å². The van der Waals surface area contributed by atoms with E-state index in [0.717, 1.165) is 6.07 Å². The summed E-state index contributed by atoms with van der Waals surface area (Å²) in [5, 5.41) is 13.5. The Labute approximate surface area is 175 Å². The number of benzene rings is 2. The minimum atomic E-state index is -1.32. The van der Waals surface area contributed by atoms with E-state index in [2.05, 4.69) is 15.3 Å². The van der Waals surface area contributed by atoms with E-state index in [1.54, 1.807) is 37.3 Å². The zero-order valence-corrected chi connectivity index (χ0v) is 16.4. The summed E-state index contributed by atoms with van der Waals surface area (Å²) in [5.41, 5.74) is 0.734. The second kappa shape index (κ2) is 9.10. The van der Waals surface area contributed by atoms with E-state index in [1.165, 1.54) is 24.5 Å². The van der Waals surface area contributed by atoms with Crippen molar-refractivity contribution >= 4 is 34.9 Å². The molecule has 1 N–H and O–H groups in total. The summed E-state index contributed by atoms with van der Waals surface area (Å²) in [4.78, 5) is 43.7. The Morgan fingerprint density at radius 1 is 1.13 bits per heavy atom. The maximum Gasteiger partial charge on any atom is 0.359 e. The first kappa shape index (κ1) is 20.9. The molecule has 1 atom stereocenters. The molecule has 152 valence electrons. The highest BCUT2D eigenvalue weighted by Gasteiger charge is 2.27. The van der Waals surface area contributed by atoms with E-state index in [-0.39, 0.29) is 22.1 Å². The first-order valence-electron chi connectivity index (χ1n) is 8.64. The van der Waals surface area contributed by atoms with Crippen LogP contribution < -0.4 is 5.32 Å². The largest absolute Gasteiger partial charge is 0.443 e. The number of nitrogens with one attached hydrogen (secondary N) is 1. The number of carbonyl (C=O) groups is 2. The molecule has 0 fully saturated rings. The molecule has 0 saturated carbocycles. The first-order chi connectivity index (χ1) is 14.3. The molecular formula is C20H15ClN4O5. The van der Waals surface area contributed by atoms with Crippen LogP contribution in [0.25, 0.3) is 0 Å². The normalized spacial score (nSPS) is 11.4. The Balaban J connectivity index is 1.86. The van der Waals surface area contributed by atoms with E-state index < -0.39 is 22.9 Å². The fraction of sp³-hybridized carbons (Fsp3) is 0.100. The summed E-state index contributed by atoms with van der Waals surface area (Å²) in [6, 6.07) is 12.2. The Morgan fingerprint density at radius 2 is 1.87 bits per heavy atom. The standard InChI is InChI=1S/C20H15ClN4O5/c1-12-10-23-16(11-22-12)20(27)30-18(13-5-3-2-4-6-13)19(26)24-14-7-8-15(21)17(9-14)25(28)29/h2-11,18H,1H3,(H,24,26)/t18-/m1/s1. The molecule has 3 aromatic rings. The SMILES string of the molecule is Cc1cnc(C(=O)O[C@@H](C(=O)Nc2ccc(Cl)c([N+](=O)[O-])c2)c2ccccc2)cn1. The summed E-state index contributed by atoms with van der Waals surface area (Å²) < 4.78 is 5.38. The maximum atomic E-state index is 12.9. The highest BCUT2D eigenvalue weighted by Crippen LogP contribution is 2.28. The number of halogens is 1. The lowest BCUT2D eigenvalue weighted by molar-refractivity contribution is -0.384. The van der Waals surface area contributed by atoms with Crippen molar-refractivity contribution in [2.24, 2.45) is 0 Å². The number of aromatic nitrogens is 2. The van der Waals surface area contributed by atoms with Crippen molar-refractivity contribution < 1.29 is 19.2 Å². The summed E-state index contributed by atoms with van der Waals surface area (Å²) in [6.07, 6.45) is 1.33. The van der Waals surface area contributed by atoms with Gasteiger partial charge in [0, 0.05) is 23.5 Å². The van der Waals surface area contributed by atoms with Crippen molar-refractivity contribution in [3.8, 4) is 0 Å². The Bertz CT molecular complexity index is 1090. The third kappa shape index (κ3) is 4.95. The third-order valence-electron chi connectivity index (χ3n) is 3.97. The van der Waals surface area contributed by atoms with Gasteiger partial charge in [0.1, 0.15) is 5.02 Å². The van der Waals surface area contributed by atoms with Gasteiger partial charge in [-0.1, -0.05) is 41.9 Å². The van der Waals surface area contributed by atoms with Gasteiger partial charge < -0.3 is 10.1 Å². The fourth-order valence-corrected chi connectivity index (χ4v) is 2.69. The van der Waals surface area contributed by atoms with Crippen LogP contribution in [0.4, 0.5) is 11.4 Å². The van der Waals surface area contributed by atoms with Crippen LogP contribution in [0.3, 0.4) is 0 Å². The number of rotatable bonds is 6. The van der Waals surface area contributed by atoms with Crippen LogP contribution in [-0.4, -0.2) is 26.8 Å². The van der Waals surface area contributed by atoms with Crippen molar-refractivity contribution in [1.82, 2.24) is 9.97 Å². The van der Waals surface area contributed by atoms with Gasteiger partial charge in [-0.05, 0) is 19.1 Å². The monoisotopic (exact) mass is 426 g/mol. The van der Waals surface area contributed by atoms with Gasteiger partial charge >= 0.3 is 5.97 Å². The molecule has 0 aliphatic rings. The highest BCUT2D eigenvalue weighted by atomic mass is 35.5.